The first-order chi connectivity index (χ1) is 9.92. The summed E-state index contributed by atoms with van der Waals surface area (Å²) in [6, 6.07) is 11.6. The van der Waals surface area contributed by atoms with Crippen molar-refractivity contribution in [2.24, 2.45) is 0 Å². The van der Waals surface area contributed by atoms with Crippen molar-refractivity contribution in [1.82, 2.24) is 4.98 Å². The lowest BCUT2D eigenvalue weighted by Gasteiger charge is -2.14. The summed E-state index contributed by atoms with van der Waals surface area (Å²) in [6.45, 7) is 0. The molecule has 1 heterocycles. The summed E-state index contributed by atoms with van der Waals surface area (Å²) in [4.78, 5) is 5.65. The molecule has 0 aliphatic carbocycles. The van der Waals surface area contributed by atoms with Gasteiger partial charge in [0.05, 0.1) is 5.69 Å². The number of rotatable bonds is 4. The molecule has 0 saturated heterocycles. The Labute approximate surface area is 123 Å². The van der Waals surface area contributed by atoms with Gasteiger partial charge in [-0.15, -0.1) is 0 Å². The number of aromatic nitrogens is 1. The zero-order valence-electron chi connectivity index (χ0n) is 11.6. The van der Waals surface area contributed by atoms with Gasteiger partial charge in [-0.2, -0.15) is 5.26 Å². The summed E-state index contributed by atoms with van der Waals surface area (Å²) < 4.78 is 27.0. The number of nitriles is 1. The average Bonchev–Trinajstić information content (AvgIpc) is 2.47. The molecule has 0 fully saturated rings. The number of hydrogen-bond donors (Lipinski definition) is 1. The fraction of sp³-hybridized carbons (Fsp3) is 0.143. The molecule has 0 bridgehead atoms. The molecule has 108 valence electrons. The predicted molar refractivity (Wildman–Crippen MR) is 80.5 cm³/mol. The second-order valence-corrected chi connectivity index (χ2v) is 6.22. The van der Waals surface area contributed by atoms with Gasteiger partial charge in [0.25, 0.3) is 10.0 Å². The first-order valence-electron chi connectivity index (χ1n) is 6.09. The van der Waals surface area contributed by atoms with Crippen molar-refractivity contribution in [1.29, 1.82) is 5.26 Å². The lowest BCUT2D eigenvalue weighted by Crippen LogP contribution is -2.14. The second kappa shape index (κ2) is 5.81. The molecule has 1 aromatic carbocycles. The highest BCUT2D eigenvalue weighted by molar-refractivity contribution is 7.92. The Hall–Kier alpha value is -2.59. The van der Waals surface area contributed by atoms with E-state index in [0.717, 1.165) is 11.9 Å². The lowest BCUT2D eigenvalue weighted by molar-refractivity contribution is 0.601. The Morgan fingerprint density at radius 1 is 1.24 bits per heavy atom. The molecule has 0 unspecified atom stereocenters. The molecule has 0 spiro atoms. The Balaban J connectivity index is 2.28. The number of anilines is 2. The lowest BCUT2D eigenvalue weighted by atomic mass is 10.3. The van der Waals surface area contributed by atoms with Gasteiger partial charge in [0.1, 0.15) is 16.7 Å². The van der Waals surface area contributed by atoms with Crippen molar-refractivity contribution < 1.29 is 8.42 Å². The summed E-state index contributed by atoms with van der Waals surface area (Å²) in [5.74, 6) is 0. The maximum absolute atomic E-state index is 12.2. The van der Waals surface area contributed by atoms with Crippen LogP contribution in [0.2, 0.25) is 0 Å². The summed E-state index contributed by atoms with van der Waals surface area (Å²) in [7, 11) is 0.0251. The number of nitrogens with zero attached hydrogens (tertiary/aromatic N) is 3. The average molecular weight is 302 g/mol. The van der Waals surface area contributed by atoms with E-state index in [1.54, 1.807) is 18.2 Å². The third-order valence-electron chi connectivity index (χ3n) is 2.78. The van der Waals surface area contributed by atoms with E-state index in [9.17, 15) is 8.42 Å². The van der Waals surface area contributed by atoms with Crippen molar-refractivity contribution in [3.8, 4) is 6.07 Å². The maximum atomic E-state index is 12.2. The monoisotopic (exact) mass is 302 g/mol. The van der Waals surface area contributed by atoms with Gasteiger partial charge in [0.2, 0.25) is 0 Å². The van der Waals surface area contributed by atoms with Crippen LogP contribution >= 0.6 is 0 Å². The van der Waals surface area contributed by atoms with Crippen LogP contribution in [0.15, 0.2) is 47.5 Å². The molecule has 0 radical (unpaired) electrons. The highest BCUT2D eigenvalue weighted by Crippen LogP contribution is 2.20. The minimum atomic E-state index is -3.72. The van der Waals surface area contributed by atoms with Gasteiger partial charge in [0, 0.05) is 26.0 Å². The zero-order chi connectivity index (χ0) is 15.5. The third-order valence-corrected chi connectivity index (χ3v) is 4.14. The van der Waals surface area contributed by atoms with E-state index < -0.39 is 10.0 Å². The number of sulfonamides is 1. The molecular weight excluding hydrogens is 288 g/mol. The van der Waals surface area contributed by atoms with Gasteiger partial charge in [-0.3, -0.25) is 4.72 Å². The van der Waals surface area contributed by atoms with Crippen LogP contribution in [-0.4, -0.2) is 27.5 Å². The molecule has 2 rings (SSSR count). The first-order valence-corrected chi connectivity index (χ1v) is 7.57. The second-order valence-electron chi connectivity index (χ2n) is 4.54. The zero-order valence-corrected chi connectivity index (χ0v) is 12.4. The van der Waals surface area contributed by atoms with Crippen molar-refractivity contribution in [3.63, 3.8) is 0 Å². The third kappa shape index (κ3) is 3.49. The molecule has 1 N–H and O–H groups in total. The van der Waals surface area contributed by atoms with Gasteiger partial charge < -0.3 is 4.90 Å². The van der Waals surface area contributed by atoms with E-state index in [-0.39, 0.29) is 10.6 Å². The van der Waals surface area contributed by atoms with Gasteiger partial charge in [0.15, 0.2) is 0 Å². The van der Waals surface area contributed by atoms with Gasteiger partial charge in [-0.05, 0) is 30.3 Å². The van der Waals surface area contributed by atoms with Crippen LogP contribution < -0.4 is 9.62 Å². The minimum Gasteiger partial charge on any atom is -0.378 e. The summed E-state index contributed by atoms with van der Waals surface area (Å²) in [5, 5.41) is 8.67. The van der Waals surface area contributed by atoms with Crippen LogP contribution in [0.4, 0.5) is 11.4 Å². The van der Waals surface area contributed by atoms with Gasteiger partial charge in [-0.25, -0.2) is 13.4 Å². The number of pyridine rings is 1. The van der Waals surface area contributed by atoms with Crippen molar-refractivity contribution in [2.45, 2.75) is 4.90 Å². The molecule has 2 aromatic rings. The highest BCUT2D eigenvalue weighted by atomic mass is 32.2. The Bertz CT molecular complexity index is 777. The van der Waals surface area contributed by atoms with Crippen LogP contribution in [0.1, 0.15) is 5.69 Å². The van der Waals surface area contributed by atoms with Gasteiger partial charge in [-0.1, -0.05) is 6.07 Å². The molecule has 0 amide bonds. The van der Waals surface area contributed by atoms with Crippen LogP contribution in [0.3, 0.4) is 0 Å². The first kappa shape index (κ1) is 14.8. The summed E-state index contributed by atoms with van der Waals surface area (Å²) in [6.07, 6.45) is 1.16. The van der Waals surface area contributed by atoms with E-state index >= 15 is 0 Å². The maximum Gasteiger partial charge on any atom is 0.263 e. The van der Waals surface area contributed by atoms with Crippen LogP contribution in [0.25, 0.3) is 0 Å². The van der Waals surface area contributed by atoms with E-state index in [0.29, 0.717) is 5.69 Å². The fourth-order valence-corrected chi connectivity index (χ4v) is 2.66. The number of benzene rings is 1. The van der Waals surface area contributed by atoms with Crippen molar-refractivity contribution in [3.05, 3.63) is 48.3 Å². The minimum absolute atomic E-state index is 0.0109. The van der Waals surface area contributed by atoms with Crippen LogP contribution in [-0.2, 0) is 10.0 Å². The molecule has 0 saturated carbocycles. The quantitative estimate of drug-likeness (QED) is 0.931. The highest BCUT2D eigenvalue weighted by Gasteiger charge is 2.15. The number of nitrogens with one attached hydrogen (secondary N) is 1. The normalized spacial score (nSPS) is 10.7. The van der Waals surface area contributed by atoms with Gasteiger partial charge >= 0.3 is 0 Å². The predicted octanol–water partition coefficient (Wildman–Crippen LogP) is 1.82. The Morgan fingerprint density at radius 3 is 2.57 bits per heavy atom. The van der Waals surface area contributed by atoms with E-state index in [1.165, 1.54) is 12.1 Å². The smallest absolute Gasteiger partial charge is 0.263 e. The van der Waals surface area contributed by atoms with E-state index in [4.69, 9.17) is 5.26 Å². The van der Waals surface area contributed by atoms with Crippen LogP contribution in [0, 0.1) is 11.3 Å². The SMILES string of the molecule is CN(C)c1cccc(NS(=O)(=O)c2ccc(C#N)nc2)c1. The van der Waals surface area contributed by atoms with Crippen LogP contribution in [0.5, 0.6) is 0 Å². The fourth-order valence-electron chi connectivity index (χ4n) is 1.67. The molecule has 6 nitrogen and oxygen atoms in total. The van der Waals surface area contributed by atoms with Crippen molar-refractivity contribution in [2.75, 3.05) is 23.7 Å². The molecule has 0 atom stereocenters. The molecule has 0 aliphatic heterocycles. The summed E-state index contributed by atoms with van der Waals surface area (Å²) in [5.41, 5.74) is 1.52. The topological polar surface area (TPSA) is 86.1 Å². The van der Waals surface area contributed by atoms with Crippen molar-refractivity contribution >= 4 is 21.4 Å². The molecule has 1 aromatic heterocycles. The Kier molecular flexibility index (Phi) is 4.10. The molecule has 7 heteroatoms. The number of hydrogen-bond acceptors (Lipinski definition) is 5. The standard InChI is InChI=1S/C14H14N4O2S/c1-18(2)13-5-3-4-11(8-13)17-21(19,20)14-7-6-12(9-15)16-10-14/h3-8,10,17H,1-2H3. The molecule has 0 aliphatic rings. The van der Waals surface area contributed by atoms with E-state index in [2.05, 4.69) is 9.71 Å². The van der Waals surface area contributed by atoms with E-state index in [1.807, 2.05) is 31.1 Å². The molecular formula is C14H14N4O2S. The Morgan fingerprint density at radius 2 is 2.00 bits per heavy atom. The molecule has 21 heavy (non-hydrogen) atoms. The summed E-state index contributed by atoms with van der Waals surface area (Å²) >= 11 is 0. The largest absolute Gasteiger partial charge is 0.378 e.